The van der Waals surface area contributed by atoms with E-state index in [-0.39, 0.29) is 6.04 Å². The third-order valence-electron chi connectivity index (χ3n) is 5.24. The number of hydrogen-bond donors (Lipinski definition) is 2. The van der Waals surface area contributed by atoms with Crippen LogP contribution >= 0.6 is 0 Å². The van der Waals surface area contributed by atoms with Gasteiger partial charge in [-0.1, -0.05) is 6.92 Å². The number of carboxylic acids is 1. The van der Waals surface area contributed by atoms with Gasteiger partial charge in [0.15, 0.2) is 0 Å². The first-order chi connectivity index (χ1) is 9.75. The minimum Gasteiger partial charge on any atom is -0.480 e. The summed E-state index contributed by atoms with van der Waals surface area (Å²) < 4.78 is 0. The number of carboxylic acid groups (broad SMARTS) is 1. The van der Waals surface area contributed by atoms with Crippen LogP contribution in [0, 0.1) is 5.92 Å². The van der Waals surface area contributed by atoms with E-state index in [4.69, 9.17) is 0 Å². The summed E-state index contributed by atoms with van der Waals surface area (Å²) in [7, 11) is 4.28. The highest BCUT2D eigenvalue weighted by molar-refractivity contribution is 5.79. The van der Waals surface area contributed by atoms with Crippen LogP contribution < -0.4 is 5.32 Å². The quantitative estimate of drug-likeness (QED) is 0.800. The highest BCUT2D eigenvalue weighted by Crippen LogP contribution is 2.36. The van der Waals surface area contributed by atoms with Gasteiger partial charge in [0.25, 0.3) is 0 Å². The monoisotopic (exact) mass is 297 g/mol. The third kappa shape index (κ3) is 3.41. The lowest BCUT2D eigenvalue weighted by atomic mass is 9.96. The zero-order chi connectivity index (χ0) is 15.8. The number of likely N-dealkylation sites (tertiary alicyclic amines) is 1. The van der Waals surface area contributed by atoms with Gasteiger partial charge in [-0.2, -0.15) is 0 Å². The lowest BCUT2D eigenvalue weighted by molar-refractivity contribution is -0.145. The Morgan fingerprint density at radius 1 is 1.38 bits per heavy atom. The van der Waals surface area contributed by atoms with Gasteiger partial charge in [-0.15, -0.1) is 0 Å². The molecule has 2 fully saturated rings. The van der Waals surface area contributed by atoms with Crippen LogP contribution in [-0.2, 0) is 4.79 Å². The van der Waals surface area contributed by atoms with Crippen molar-refractivity contribution in [2.75, 3.05) is 27.2 Å². The molecule has 2 aliphatic rings. The molecule has 5 nitrogen and oxygen atoms in total. The lowest BCUT2D eigenvalue weighted by Crippen LogP contribution is -2.53. The smallest absolute Gasteiger partial charge is 0.323 e. The van der Waals surface area contributed by atoms with Crippen LogP contribution in [0.4, 0.5) is 0 Å². The van der Waals surface area contributed by atoms with Gasteiger partial charge in [0, 0.05) is 31.2 Å². The maximum absolute atomic E-state index is 11.8. The summed E-state index contributed by atoms with van der Waals surface area (Å²) in [5, 5.41) is 13.0. The summed E-state index contributed by atoms with van der Waals surface area (Å²) >= 11 is 0. The molecular formula is C16H31N3O2. The fourth-order valence-electron chi connectivity index (χ4n) is 4.23. The Morgan fingerprint density at radius 2 is 2.05 bits per heavy atom. The average molecular weight is 297 g/mol. The molecule has 2 N–H and O–H groups in total. The van der Waals surface area contributed by atoms with E-state index in [0.29, 0.717) is 18.0 Å². The lowest BCUT2D eigenvalue weighted by Gasteiger charge is -2.30. The molecule has 5 heteroatoms. The molecule has 1 saturated carbocycles. The fraction of sp³-hybridized carbons (Fsp3) is 0.938. The van der Waals surface area contributed by atoms with E-state index in [9.17, 15) is 9.90 Å². The standard InChI is InChI=1S/C16H31N3O2/c1-11(2)17-16(15(20)21)7-6-13(8-16)19-9-12(3)14(10-19)18(4)5/h11-14,17H,6-10H2,1-5H3,(H,20,21). The highest BCUT2D eigenvalue weighted by Gasteiger charge is 2.48. The van der Waals surface area contributed by atoms with Gasteiger partial charge >= 0.3 is 5.97 Å². The predicted octanol–water partition coefficient (Wildman–Crippen LogP) is 1.24. The SMILES string of the molecule is CC(C)NC1(C(=O)O)CCC(N2CC(C)C(N(C)C)C2)C1. The molecule has 0 bridgehead atoms. The summed E-state index contributed by atoms with van der Waals surface area (Å²) in [5.74, 6) is -0.0343. The Bertz CT molecular complexity index is 386. The summed E-state index contributed by atoms with van der Waals surface area (Å²) in [4.78, 5) is 16.6. The van der Waals surface area contributed by atoms with Crippen molar-refractivity contribution in [1.82, 2.24) is 15.1 Å². The van der Waals surface area contributed by atoms with E-state index in [0.717, 1.165) is 32.4 Å². The Balaban J connectivity index is 2.03. The zero-order valence-corrected chi connectivity index (χ0v) is 14.1. The first kappa shape index (κ1) is 16.7. The summed E-state index contributed by atoms with van der Waals surface area (Å²) in [6, 6.07) is 1.19. The summed E-state index contributed by atoms with van der Waals surface area (Å²) in [6.45, 7) is 8.51. The van der Waals surface area contributed by atoms with Crippen LogP contribution in [-0.4, -0.2) is 71.7 Å². The maximum atomic E-state index is 11.8. The minimum absolute atomic E-state index is 0.201. The second-order valence-electron chi connectivity index (χ2n) is 7.55. The number of carbonyl (C=O) groups is 1. The number of likely N-dealkylation sites (N-methyl/N-ethyl adjacent to an activating group) is 1. The van der Waals surface area contributed by atoms with Crippen LogP contribution in [0.25, 0.3) is 0 Å². The van der Waals surface area contributed by atoms with Crippen molar-refractivity contribution in [2.45, 2.75) is 63.7 Å². The van der Waals surface area contributed by atoms with Gasteiger partial charge in [-0.25, -0.2) is 0 Å². The van der Waals surface area contributed by atoms with Crippen molar-refractivity contribution in [1.29, 1.82) is 0 Å². The Labute approximate surface area is 128 Å². The number of rotatable bonds is 5. The Hall–Kier alpha value is -0.650. The van der Waals surface area contributed by atoms with Crippen LogP contribution in [0.3, 0.4) is 0 Å². The second-order valence-corrected chi connectivity index (χ2v) is 7.55. The van der Waals surface area contributed by atoms with E-state index >= 15 is 0 Å². The molecular weight excluding hydrogens is 266 g/mol. The molecule has 122 valence electrons. The topological polar surface area (TPSA) is 55.8 Å². The van der Waals surface area contributed by atoms with E-state index in [1.165, 1.54) is 0 Å². The van der Waals surface area contributed by atoms with E-state index in [1.54, 1.807) is 0 Å². The molecule has 0 aromatic rings. The van der Waals surface area contributed by atoms with Crippen molar-refractivity contribution in [3.63, 3.8) is 0 Å². The Kier molecular flexibility index (Phi) is 4.96. The zero-order valence-electron chi connectivity index (χ0n) is 14.1. The van der Waals surface area contributed by atoms with Crippen molar-refractivity contribution in [3.05, 3.63) is 0 Å². The molecule has 4 unspecified atom stereocenters. The molecule has 21 heavy (non-hydrogen) atoms. The molecule has 0 spiro atoms. The largest absolute Gasteiger partial charge is 0.480 e. The number of hydrogen-bond acceptors (Lipinski definition) is 4. The van der Waals surface area contributed by atoms with Crippen molar-refractivity contribution in [2.24, 2.45) is 5.92 Å². The van der Waals surface area contributed by atoms with Gasteiger partial charge < -0.3 is 10.0 Å². The van der Waals surface area contributed by atoms with Gasteiger partial charge in [-0.05, 0) is 53.1 Å². The first-order valence-corrected chi connectivity index (χ1v) is 8.17. The molecule has 2 rings (SSSR count). The van der Waals surface area contributed by atoms with Crippen molar-refractivity contribution in [3.8, 4) is 0 Å². The maximum Gasteiger partial charge on any atom is 0.323 e. The van der Waals surface area contributed by atoms with E-state index in [2.05, 4.69) is 36.1 Å². The van der Waals surface area contributed by atoms with Gasteiger partial charge in [0.1, 0.15) is 5.54 Å². The van der Waals surface area contributed by atoms with Gasteiger partial charge in [0.05, 0.1) is 0 Å². The van der Waals surface area contributed by atoms with Crippen LogP contribution in [0.5, 0.6) is 0 Å². The average Bonchev–Trinajstić information content (AvgIpc) is 2.93. The molecule has 0 radical (unpaired) electrons. The van der Waals surface area contributed by atoms with Gasteiger partial charge in [-0.3, -0.25) is 15.0 Å². The highest BCUT2D eigenvalue weighted by atomic mass is 16.4. The molecule has 1 saturated heterocycles. The number of nitrogens with zero attached hydrogens (tertiary/aromatic N) is 2. The van der Waals surface area contributed by atoms with E-state index < -0.39 is 11.5 Å². The van der Waals surface area contributed by atoms with Crippen molar-refractivity contribution >= 4 is 5.97 Å². The fourth-order valence-corrected chi connectivity index (χ4v) is 4.23. The summed E-state index contributed by atoms with van der Waals surface area (Å²) in [6.07, 6.45) is 2.45. The summed E-state index contributed by atoms with van der Waals surface area (Å²) in [5.41, 5.74) is -0.724. The normalized spacial score (nSPS) is 37.8. The molecule has 0 amide bonds. The number of nitrogens with one attached hydrogen (secondary N) is 1. The Morgan fingerprint density at radius 3 is 2.52 bits per heavy atom. The van der Waals surface area contributed by atoms with Gasteiger partial charge in [0.2, 0.25) is 0 Å². The molecule has 4 atom stereocenters. The minimum atomic E-state index is -0.724. The molecule has 0 aromatic carbocycles. The first-order valence-electron chi connectivity index (χ1n) is 8.17. The van der Waals surface area contributed by atoms with E-state index in [1.807, 2.05) is 13.8 Å². The van der Waals surface area contributed by atoms with Crippen LogP contribution in [0.15, 0.2) is 0 Å². The third-order valence-corrected chi connectivity index (χ3v) is 5.24. The van der Waals surface area contributed by atoms with Crippen LogP contribution in [0.2, 0.25) is 0 Å². The van der Waals surface area contributed by atoms with Crippen molar-refractivity contribution < 1.29 is 9.90 Å². The predicted molar refractivity (Wildman–Crippen MR) is 84.5 cm³/mol. The molecule has 1 aliphatic heterocycles. The number of aliphatic carboxylic acids is 1. The second kappa shape index (κ2) is 6.23. The molecule has 1 heterocycles. The molecule has 1 aliphatic carbocycles. The van der Waals surface area contributed by atoms with Crippen LogP contribution in [0.1, 0.15) is 40.0 Å². The molecule has 0 aromatic heterocycles.